The molecule has 5 heteroatoms. The van der Waals surface area contributed by atoms with E-state index in [-0.39, 0.29) is 5.91 Å². The average Bonchev–Trinajstić information content (AvgIpc) is 3.14. The second-order valence-corrected chi connectivity index (χ2v) is 8.83. The zero-order valence-electron chi connectivity index (χ0n) is 18.6. The number of anilines is 1. The molecule has 4 nitrogen and oxygen atoms in total. The molecule has 0 radical (unpaired) electrons. The Labute approximate surface area is 188 Å². The van der Waals surface area contributed by atoms with Crippen molar-refractivity contribution in [1.29, 1.82) is 0 Å². The highest BCUT2D eigenvalue weighted by Crippen LogP contribution is 2.41. The fourth-order valence-corrected chi connectivity index (χ4v) is 4.77. The molecule has 31 heavy (non-hydrogen) atoms. The molecule has 0 atom stereocenters. The first-order chi connectivity index (χ1) is 15.0. The summed E-state index contributed by atoms with van der Waals surface area (Å²) < 4.78 is 12.3. The van der Waals surface area contributed by atoms with Gasteiger partial charge in [-0.15, -0.1) is 11.8 Å². The zero-order valence-corrected chi connectivity index (χ0v) is 19.4. The van der Waals surface area contributed by atoms with Crippen LogP contribution in [0.1, 0.15) is 49.1 Å². The van der Waals surface area contributed by atoms with E-state index in [1.807, 2.05) is 51.3 Å². The van der Waals surface area contributed by atoms with Crippen molar-refractivity contribution < 1.29 is 13.9 Å². The molecule has 1 aliphatic rings. The maximum absolute atomic E-state index is 12.7. The van der Waals surface area contributed by atoms with Gasteiger partial charge in [-0.05, 0) is 76.1 Å². The molecule has 162 valence electrons. The summed E-state index contributed by atoms with van der Waals surface area (Å²) in [6.45, 7) is 6.55. The average molecular weight is 436 g/mol. The lowest BCUT2D eigenvalue weighted by Crippen LogP contribution is -2.09. The standard InChI is InChI=1S/C26H29NO3S/c1-5-29-25-17(3)26-22(20-11-6-7-12-23(20)30-26)15-21(25)16(2)13-24(28)27-18-9-8-10-19(14-18)31-4/h8-10,13-15H,5-7,11-12H2,1-4H3,(H,27,28)/b16-13+. The van der Waals surface area contributed by atoms with Crippen molar-refractivity contribution in [1.82, 2.24) is 0 Å². The number of amides is 1. The fourth-order valence-electron chi connectivity index (χ4n) is 4.31. The fraction of sp³-hybridized carbons (Fsp3) is 0.346. The minimum Gasteiger partial charge on any atom is -0.493 e. The third-order valence-corrected chi connectivity index (χ3v) is 6.55. The number of ether oxygens (including phenoxy) is 1. The highest BCUT2D eigenvalue weighted by atomic mass is 32.2. The number of hydrogen-bond acceptors (Lipinski definition) is 4. The first kappa shape index (κ1) is 21.6. The number of rotatable bonds is 6. The zero-order chi connectivity index (χ0) is 22.0. The van der Waals surface area contributed by atoms with Gasteiger partial charge in [-0.1, -0.05) is 6.07 Å². The molecule has 1 aliphatic carbocycles. The normalized spacial score (nSPS) is 13.9. The summed E-state index contributed by atoms with van der Waals surface area (Å²) in [5.74, 6) is 1.76. The lowest BCUT2D eigenvalue weighted by atomic mass is 9.93. The molecule has 1 amide bonds. The van der Waals surface area contributed by atoms with Gasteiger partial charge in [0, 0.05) is 45.2 Å². The summed E-state index contributed by atoms with van der Waals surface area (Å²) in [6.07, 6.45) is 8.08. The monoisotopic (exact) mass is 435 g/mol. The molecule has 0 fully saturated rings. The van der Waals surface area contributed by atoms with Gasteiger partial charge in [0.05, 0.1) is 6.61 Å². The molecule has 1 aromatic heterocycles. The van der Waals surface area contributed by atoms with Gasteiger partial charge in [-0.25, -0.2) is 0 Å². The number of fused-ring (bicyclic) bond motifs is 3. The molecule has 1 heterocycles. The Morgan fingerprint density at radius 1 is 1.26 bits per heavy atom. The van der Waals surface area contributed by atoms with Crippen LogP contribution in [-0.2, 0) is 17.6 Å². The number of furan rings is 1. The molecule has 1 N–H and O–H groups in total. The number of benzene rings is 2. The molecular weight excluding hydrogens is 406 g/mol. The van der Waals surface area contributed by atoms with Gasteiger partial charge in [0.15, 0.2) is 0 Å². The highest BCUT2D eigenvalue weighted by molar-refractivity contribution is 7.98. The molecule has 0 saturated heterocycles. The van der Waals surface area contributed by atoms with E-state index >= 15 is 0 Å². The van der Waals surface area contributed by atoms with Crippen LogP contribution in [0.3, 0.4) is 0 Å². The van der Waals surface area contributed by atoms with Gasteiger partial charge in [0.2, 0.25) is 5.91 Å². The molecule has 3 aromatic rings. The molecule has 0 bridgehead atoms. The lowest BCUT2D eigenvalue weighted by Gasteiger charge is -2.15. The van der Waals surface area contributed by atoms with Gasteiger partial charge >= 0.3 is 0 Å². The van der Waals surface area contributed by atoms with E-state index in [0.717, 1.165) is 62.6 Å². The Kier molecular flexibility index (Phi) is 6.42. The maximum Gasteiger partial charge on any atom is 0.248 e. The van der Waals surface area contributed by atoms with Crippen molar-refractivity contribution in [2.45, 2.75) is 51.3 Å². The van der Waals surface area contributed by atoms with Crippen molar-refractivity contribution in [3.63, 3.8) is 0 Å². The lowest BCUT2D eigenvalue weighted by molar-refractivity contribution is -0.111. The van der Waals surface area contributed by atoms with E-state index in [2.05, 4.69) is 11.4 Å². The smallest absolute Gasteiger partial charge is 0.248 e. The summed E-state index contributed by atoms with van der Waals surface area (Å²) in [5, 5.41) is 4.14. The van der Waals surface area contributed by atoms with Gasteiger partial charge in [-0.2, -0.15) is 0 Å². The summed E-state index contributed by atoms with van der Waals surface area (Å²) in [5.41, 5.74) is 5.86. The third-order valence-electron chi connectivity index (χ3n) is 5.83. The Morgan fingerprint density at radius 3 is 2.84 bits per heavy atom. The summed E-state index contributed by atoms with van der Waals surface area (Å²) in [6, 6.07) is 10.0. The van der Waals surface area contributed by atoms with E-state index in [4.69, 9.17) is 9.15 Å². The quantitative estimate of drug-likeness (QED) is 0.342. The van der Waals surface area contributed by atoms with Crippen LogP contribution in [-0.4, -0.2) is 18.8 Å². The van der Waals surface area contributed by atoms with Crippen molar-refractivity contribution in [2.24, 2.45) is 0 Å². The molecule has 4 rings (SSSR count). The van der Waals surface area contributed by atoms with Gasteiger partial charge in [0.25, 0.3) is 0 Å². The summed E-state index contributed by atoms with van der Waals surface area (Å²) in [4.78, 5) is 13.9. The van der Waals surface area contributed by atoms with Crippen LogP contribution >= 0.6 is 11.8 Å². The molecule has 0 aliphatic heterocycles. The van der Waals surface area contributed by atoms with Crippen molar-refractivity contribution in [3.8, 4) is 5.75 Å². The van der Waals surface area contributed by atoms with Crippen molar-refractivity contribution in [2.75, 3.05) is 18.2 Å². The topological polar surface area (TPSA) is 51.5 Å². The van der Waals surface area contributed by atoms with Crippen molar-refractivity contribution in [3.05, 3.63) is 58.9 Å². The Hall–Kier alpha value is -2.66. The number of nitrogens with one attached hydrogen (secondary N) is 1. The van der Waals surface area contributed by atoms with E-state index in [1.54, 1.807) is 17.8 Å². The summed E-state index contributed by atoms with van der Waals surface area (Å²) in [7, 11) is 0. The molecule has 0 unspecified atom stereocenters. The Bertz CT molecular complexity index is 1160. The van der Waals surface area contributed by atoms with Crippen LogP contribution < -0.4 is 10.1 Å². The third kappa shape index (κ3) is 4.38. The minimum atomic E-state index is -0.148. The minimum absolute atomic E-state index is 0.148. The first-order valence-corrected chi connectivity index (χ1v) is 12.1. The van der Waals surface area contributed by atoms with Crippen LogP contribution in [0.2, 0.25) is 0 Å². The number of thioether (sulfide) groups is 1. The first-order valence-electron chi connectivity index (χ1n) is 10.9. The maximum atomic E-state index is 12.7. The molecule has 0 saturated carbocycles. The second-order valence-electron chi connectivity index (χ2n) is 7.95. The van der Waals surface area contributed by atoms with Crippen LogP contribution in [0, 0.1) is 6.92 Å². The van der Waals surface area contributed by atoms with Crippen molar-refractivity contribution >= 4 is 39.9 Å². The molecule has 0 spiro atoms. The number of aryl methyl sites for hydroxylation is 3. The van der Waals surface area contributed by atoms with E-state index in [1.165, 1.54) is 18.4 Å². The Morgan fingerprint density at radius 2 is 2.06 bits per heavy atom. The number of hydrogen-bond donors (Lipinski definition) is 1. The van der Waals surface area contributed by atoms with E-state index in [0.29, 0.717) is 6.61 Å². The van der Waals surface area contributed by atoms with Gasteiger partial charge < -0.3 is 14.5 Å². The Balaban J connectivity index is 1.72. The van der Waals surface area contributed by atoms with E-state index in [9.17, 15) is 4.79 Å². The van der Waals surface area contributed by atoms with Crippen LogP contribution in [0.15, 0.2) is 45.7 Å². The second kappa shape index (κ2) is 9.23. The molecular formula is C26H29NO3S. The van der Waals surface area contributed by atoms with Crippen LogP contribution in [0.5, 0.6) is 5.75 Å². The predicted octanol–water partition coefficient (Wildman–Crippen LogP) is 6.78. The molecule has 2 aromatic carbocycles. The van der Waals surface area contributed by atoms with E-state index < -0.39 is 0 Å². The van der Waals surface area contributed by atoms with Gasteiger partial charge in [-0.3, -0.25) is 4.79 Å². The number of carbonyl (C=O) groups is 1. The number of allylic oxidation sites excluding steroid dienone is 1. The van der Waals surface area contributed by atoms with Crippen LogP contribution in [0.4, 0.5) is 5.69 Å². The number of carbonyl (C=O) groups excluding carboxylic acids is 1. The van der Waals surface area contributed by atoms with Crippen LogP contribution in [0.25, 0.3) is 16.5 Å². The predicted molar refractivity (Wildman–Crippen MR) is 129 cm³/mol. The highest BCUT2D eigenvalue weighted by Gasteiger charge is 2.23. The SMILES string of the molecule is CCOc1c(/C(C)=C/C(=O)Nc2cccc(SC)c2)cc2c3c(oc2c1C)CCCC3. The largest absolute Gasteiger partial charge is 0.493 e. The van der Waals surface area contributed by atoms with Gasteiger partial charge in [0.1, 0.15) is 17.1 Å². The summed E-state index contributed by atoms with van der Waals surface area (Å²) >= 11 is 1.65.